The third-order valence-electron chi connectivity index (χ3n) is 3.14. The number of amides is 1. The van der Waals surface area contributed by atoms with Crippen molar-refractivity contribution in [2.24, 2.45) is 0 Å². The highest BCUT2D eigenvalue weighted by molar-refractivity contribution is 6.30. The van der Waals surface area contributed by atoms with E-state index in [2.05, 4.69) is 15.6 Å². The van der Waals surface area contributed by atoms with Gasteiger partial charge in [0.1, 0.15) is 5.82 Å². The quantitative estimate of drug-likeness (QED) is 0.688. The third kappa shape index (κ3) is 1.21. The molecule has 2 N–H and O–H groups in total. The number of aromatic nitrogens is 1. The number of fused-ring (bicyclic) bond motifs is 2. The van der Waals surface area contributed by atoms with Crippen LogP contribution in [0.2, 0.25) is 5.02 Å². The lowest BCUT2D eigenvalue weighted by molar-refractivity contribution is -0.119. The van der Waals surface area contributed by atoms with Crippen LogP contribution in [0.25, 0.3) is 0 Å². The maximum atomic E-state index is 11.3. The zero-order chi connectivity index (χ0) is 10.5. The molecule has 0 saturated carbocycles. The van der Waals surface area contributed by atoms with E-state index < -0.39 is 0 Å². The molecule has 15 heavy (non-hydrogen) atoms. The second-order valence-electron chi connectivity index (χ2n) is 4.14. The normalized spacial score (nSPS) is 27.7. The Labute approximate surface area is 92.0 Å². The summed E-state index contributed by atoms with van der Waals surface area (Å²) in [5.41, 5.74) is 0.929. The molecule has 4 nitrogen and oxygen atoms in total. The summed E-state index contributed by atoms with van der Waals surface area (Å²) >= 11 is 5.93. The monoisotopic (exact) mass is 223 g/mol. The minimum atomic E-state index is -0.135. The Balaban J connectivity index is 2.10. The van der Waals surface area contributed by atoms with E-state index in [-0.39, 0.29) is 11.3 Å². The van der Waals surface area contributed by atoms with Gasteiger partial charge in [0.25, 0.3) is 0 Å². The van der Waals surface area contributed by atoms with Crippen molar-refractivity contribution >= 4 is 23.3 Å². The molecular formula is C10H10ClN3O. The Hall–Kier alpha value is -1.29. The van der Waals surface area contributed by atoms with Gasteiger partial charge in [0.15, 0.2) is 0 Å². The van der Waals surface area contributed by atoms with Crippen molar-refractivity contribution in [2.75, 3.05) is 18.4 Å². The van der Waals surface area contributed by atoms with Crippen molar-refractivity contribution in [3.63, 3.8) is 0 Å². The third-order valence-corrected chi connectivity index (χ3v) is 3.35. The first-order valence-electron chi connectivity index (χ1n) is 4.86. The van der Waals surface area contributed by atoms with Gasteiger partial charge in [-0.05, 0) is 6.07 Å². The van der Waals surface area contributed by atoms with Crippen LogP contribution in [0, 0.1) is 0 Å². The Morgan fingerprint density at radius 1 is 1.40 bits per heavy atom. The molecule has 5 heteroatoms. The molecule has 1 saturated heterocycles. The number of pyridine rings is 1. The molecule has 1 amide bonds. The van der Waals surface area contributed by atoms with Gasteiger partial charge in [-0.25, -0.2) is 4.98 Å². The second-order valence-corrected chi connectivity index (χ2v) is 4.57. The first kappa shape index (κ1) is 8.97. The van der Waals surface area contributed by atoms with Gasteiger partial charge in [-0.3, -0.25) is 4.79 Å². The molecule has 1 fully saturated rings. The molecule has 1 atom stereocenters. The van der Waals surface area contributed by atoms with E-state index in [1.165, 1.54) is 0 Å². The molecule has 78 valence electrons. The van der Waals surface area contributed by atoms with Crippen molar-refractivity contribution in [1.82, 2.24) is 10.3 Å². The summed E-state index contributed by atoms with van der Waals surface area (Å²) in [6.07, 6.45) is 2.14. The number of nitrogens with one attached hydrogen (secondary N) is 2. The Bertz CT molecular complexity index is 448. The molecule has 1 aromatic rings. The van der Waals surface area contributed by atoms with Gasteiger partial charge in [-0.15, -0.1) is 0 Å². The highest BCUT2D eigenvalue weighted by atomic mass is 35.5. The number of carbonyl (C=O) groups excluding carboxylic acids is 1. The Morgan fingerprint density at radius 3 is 2.93 bits per heavy atom. The number of hydrogen-bond donors (Lipinski definition) is 2. The number of hydrogen-bond acceptors (Lipinski definition) is 3. The number of rotatable bonds is 0. The maximum Gasteiger partial charge on any atom is 0.221 e. The summed E-state index contributed by atoms with van der Waals surface area (Å²) in [6, 6.07) is 1.91. The summed E-state index contributed by atoms with van der Waals surface area (Å²) in [5.74, 6) is 0.959. The smallest absolute Gasteiger partial charge is 0.221 e. The molecule has 0 aliphatic carbocycles. The zero-order valence-electron chi connectivity index (χ0n) is 8.01. The predicted molar refractivity (Wildman–Crippen MR) is 57.0 cm³/mol. The SMILES string of the molecule is O=C1C[C@]2(CN1)CNc1ncc(Cl)cc12. The van der Waals surface area contributed by atoms with Crippen molar-refractivity contribution < 1.29 is 4.79 Å². The minimum absolute atomic E-state index is 0.102. The molecule has 2 aliphatic heterocycles. The van der Waals surface area contributed by atoms with Crippen LogP contribution in [0.15, 0.2) is 12.3 Å². The fraction of sp³-hybridized carbons (Fsp3) is 0.400. The van der Waals surface area contributed by atoms with Crippen LogP contribution in [0.4, 0.5) is 5.82 Å². The van der Waals surface area contributed by atoms with Crippen LogP contribution in [0.5, 0.6) is 0 Å². The Kier molecular flexibility index (Phi) is 1.71. The molecule has 3 rings (SSSR count). The fourth-order valence-electron chi connectivity index (χ4n) is 2.35. The van der Waals surface area contributed by atoms with Crippen LogP contribution in [0.3, 0.4) is 0 Å². The molecule has 3 heterocycles. The first-order valence-corrected chi connectivity index (χ1v) is 5.24. The van der Waals surface area contributed by atoms with Gasteiger partial charge in [0.2, 0.25) is 5.91 Å². The average Bonchev–Trinajstić information content (AvgIpc) is 2.74. The Morgan fingerprint density at radius 2 is 2.20 bits per heavy atom. The summed E-state index contributed by atoms with van der Waals surface area (Å²) in [5, 5.41) is 6.70. The molecule has 1 aromatic heterocycles. The highest BCUT2D eigenvalue weighted by Crippen LogP contribution is 2.40. The molecule has 2 aliphatic rings. The van der Waals surface area contributed by atoms with Gasteiger partial charge in [0.05, 0.1) is 5.02 Å². The van der Waals surface area contributed by atoms with Gasteiger partial charge < -0.3 is 10.6 Å². The minimum Gasteiger partial charge on any atom is -0.369 e. The van der Waals surface area contributed by atoms with Crippen molar-refractivity contribution in [2.45, 2.75) is 11.8 Å². The van der Waals surface area contributed by atoms with Gasteiger partial charge in [-0.2, -0.15) is 0 Å². The average molecular weight is 224 g/mol. The van der Waals surface area contributed by atoms with Crippen LogP contribution < -0.4 is 10.6 Å². The largest absolute Gasteiger partial charge is 0.369 e. The number of halogens is 1. The van der Waals surface area contributed by atoms with Crippen molar-refractivity contribution in [1.29, 1.82) is 0 Å². The topological polar surface area (TPSA) is 54.0 Å². The van der Waals surface area contributed by atoms with Crippen molar-refractivity contribution in [3.05, 3.63) is 22.8 Å². The summed E-state index contributed by atoms with van der Waals surface area (Å²) in [4.78, 5) is 15.5. The van der Waals surface area contributed by atoms with Gasteiger partial charge >= 0.3 is 0 Å². The maximum absolute atomic E-state index is 11.3. The van der Waals surface area contributed by atoms with E-state index in [0.29, 0.717) is 18.0 Å². The van der Waals surface area contributed by atoms with E-state index in [9.17, 15) is 4.79 Å². The number of carbonyl (C=O) groups is 1. The van der Waals surface area contributed by atoms with Crippen LogP contribution in [-0.4, -0.2) is 24.0 Å². The van der Waals surface area contributed by atoms with E-state index in [4.69, 9.17) is 11.6 Å². The molecule has 0 bridgehead atoms. The summed E-state index contributed by atoms with van der Waals surface area (Å²) in [7, 11) is 0. The van der Waals surface area contributed by atoms with E-state index in [1.54, 1.807) is 6.20 Å². The van der Waals surface area contributed by atoms with E-state index >= 15 is 0 Å². The molecule has 0 aromatic carbocycles. The number of nitrogens with zero attached hydrogens (tertiary/aromatic N) is 1. The lowest BCUT2D eigenvalue weighted by atomic mass is 9.82. The highest BCUT2D eigenvalue weighted by Gasteiger charge is 2.45. The molecular weight excluding hydrogens is 214 g/mol. The molecule has 0 unspecified atom stereocenters. The lowest BCUT2D eigenvalue weighted by Crippen LogP contribution is -2.30. The molecule has 1 spiro atoms. The fourth-order valence-corrected chi connectivity index (χ4v) is 2.51. The standard InChI is InChI=1S/C10H10ClN3O/c11-6-1-7-9(12-3-6)14-5-10(7)2-8(15)13-4-10/h1,3H,2,4-5H2,(H,12,14)(H,13,15)/t10-/m0/s1. The zero-order valence-corrected chi connectivity index (χ0v) is 8.77. The summed E-state index contributed by atoms with van der Waals surface area (Å²) < 4.78 is 0. The summed E-state index contributed by atoms with van der Waals surface area (Å²) in [6.45, 7) is 1.43. The van der Waals surface area contributed by atoms with Crippen LogP contribution >= 0.6 is 11.6 Å². The van der Waals surface area contributed by atoms with Crippen molar-refractivity contribution in [3.8, 4) is 0 Å². The van der Waals surface area contributed by atoms with E-state index in [0.717, 1.165) is 17.9 Å². The van der Waals surface area contributed by atoms with Crippen LogP contribution in [0.1, 0.15) is 12.0 Å². The predicted octanol–water partition coefficient (Wildman–Crippen LogP) is 0.918. The lowest BCUT2D eigenvalue weighted by Gasteiger charge is -2.19. The van der Waals surface area contributed by atoms with Gasteiger partial charge in [-0.1, -0.05) is 11.6 Å². The molecule has 0 radical (unpaired) electrons. The van der Waals surface area contributed by atoms with Crippen LogP contribution in [-0.2, 0) is 10.2 Å². The number of anilines is 1. The first-order chi connectivity index (χ1) is 7.20. The van der Waals surface area contributed by atoms with E-state index in [1.807, 2.05) is 6.07 Å². The second kappa shape index (κ2) is 2.85. The van der Waals surface area contributed by atoms with Gasteiger partial charge in [0, 0.05) is 36.7 Å².